The lowest BCUT2D eigenvalue weighted by molar-refractivity contribution is -0.121. The molecule has 6 nitrogen and oxygen atoms in total. The summed E-state index contributed by atoms with van der Waals surface area (Å²) in [5.41, 5.74) is 3.85. The Bertz CT molecular complexity index is 1210. The monoisotopic (exact) mass is 444 g/mol. The van der Waals surface area contributed by atoms with Crippen LogP contribution in [-0.2, 0) is 4.79 Å². The third kappa shape index (κ3) is 4.58. The third-order valence-electron chi connectivity index (χ3n) is 4.97. The Morgan fingerprint density at radius 2 is 1.56 bits per heavy atom. The fourth-order valence-corrected chi connectivity index (χ4v) is 4.13. The van der Waals surface area contributed by atoms with Crippen molar-refractivity contribution in [2.75, 3.05) is 14.2 Å². The molecule has 0 saturated carbocycles. The second-order valence-corrected chi connectivity index (χ2v) is 8.08. The molecular weight excluding hydrogens is 424 g/mol. The minimum absolute atomic E-state index is 0.130. The highest BCUT2D eigenvalue weighted by Crippen LogP contribution is 2.33. The number of likely N-dealkylation sites (N-methyl/N-ethyl adjacent to an activating group) is 1. The van der Waals surface area contributed by atoms with Crippen LogP contribution in [0.25, 0.3) is 17.2 Å². The fraction of sp³-hybridized carbons (Fsp3) is 0.0800. The van der Waals surface area contributed by atoms with E-state index < -0.39 is 5.97 Å². The van der Waals surface area contributed by atoms with Crippen molar-refractivity contribution in [2.45, 2.75) is 0 Å². The van der Waals surface area contributed by atoms with Gasteiger partial charge in [0.05, 0.1) is 23.3 Å². The van der Waals surface area contributed by atoms with E-state index in [4.69, 9.17) is 9.84 Å². The van der Waals surface area contributed by atoms with Crippen LogP contribution < -0.4 is 4.74 Å². The second kappa shape index (κ2) is 9.11. The van der Waals surface area contributed by atoms with Crippen LogP contribution in [-0.4, -0.2) is 41.2 Å². The van der Waals surface area contributed by atoms with E-state index in [-0.39, 0.29) is 11.5 Å². The van der Waals surface area contributed by atoms with Gasteiger partial charge in [-0.25, -0.2) is 9.79 Å². The van der Waals surface area contributed by atoms with Crippen molar-refractivity contribution in [3.05, 3.63) is 88.8 Å². The summed E-state index contributed by atoms with van der Waals surface area (Å²) in [6.45, 7) is 0. The summed E-state index contributed by atoms with van der Waals surface area (Å²) in [6.07, 6.45) is 1.84. The van der Waals surface area contributed by atoms with E-state index >= 15 is 0 Å². The number of hydrogen-bond acceptors (Lipinski definition) is 5. The standard InChI is InChI=1S/C25H20N2O4S/c1-27-23(28)22(32-25(27)26-20-11-7-19(8-12-20)24(29)30)15-16-3-5-17(6-4-16)18-9-13-21(31-2)14-10-18/h3-15H,1-2H3,(H,29,30)/b22-15-,26-25?. The normalized spacial score (nSPS) is 16.1. The topological polar surface area (TPSA) is 79.2 Å². The van der Waals surface area contributed by atoms with E-state index in [0.29, 0.717) is 15.8 Å². The Hall–Kier alpha value is -3.84. The lowest BCUT2D eigenvalue weighted by Gasteiger charge is -2.07. The predicted molar refractivity (Wildman–Crippen MR) is 127 cm³/mol. The average molecular weight is 445 g/mol. The van der Waals surface area contributed by atoms with Crippen LogP contribution in [0.5, 0.6) is 5.75 Å². The van der Waals surface area contributed by atoms with Crippen molar-refractivity contribution in [1.29, 1.82) is 0 Å². The molecule has 0 unspecified atom stereocenters. The Kier molecular flexibility index (Phi) is 6.09. The zero-order valence-electron chi connectivity index (χ0n) is 17.5. The van der Waals surface area contributed by atoms with Crippen molar-refractivity contribution in [2.24, 2.45) is 4.99 Å². The zero-order chi connectivity index (χ0) is 22.7. The van der Waals surface area contributed by atoms with Crippen molar-refractivity contribution in [1.82, 2.24) is 4.90 Å². The third-order valence-corrected chi connectivity index (χ3v) is 6.03. The number of amidine groups is 1. The first-order valence-corrected chi connectivity index (χ1v) is 10.6. The summed E-state index contributed by atoms with van der Waals surface area (Å²) < 4.78 is 5.20. The van der Waals surface area contributed by atoms with Gasteiger partial charge in [0.25, 0.3) is 5.91 Å². The quantitative estimate of drug-likeness (QED) is 0.541. The van der Waals surface area contributed by atoms with Crippen LogP contribution in [0.2, 0.25) is 0 Å². The van der Waals surface area contributed by atoms with E-state index in [9.17, 15) is 9.59 Å². The number of thioether (sulfide) groups is 1. The molecule has 1 aliphatic rings. The van der Waals surface area contributed by atoms with Gasteiger partial charge in [0.15, 0.2) is 5.17 Å². The minimum atomic E-state index is -0.991. The number of carboxylic acid groups (broad SMARTS) is 1. The molecule has 1 aliphatic heterocycles. The fourth-order valence-electron chi connectivity index (χ4n) is 3.15. The molecule has 3 aromatic rings. The molecule has 1 saturated heterocycles. The minimum Gasteiger partial charge on any atom is -0.497 e. The molecule has 1 N–H and O–H groups in total. The van der Waals surface area contributed by atoms with Crippen LogP contribution in [0.4, 0.5) is 5.69 Å². The van der Waals surface area contributed by atoms with Gasteiger partial charge >= 0.3 is 5.97 Å². The number of ether oxygens (including phenoxy) is 1. The van der Waals surface area contributed by atoms with E-state index in [1.807, 2.05) is 54.6 Å². The molecule has 0 aromatic heterocycles. The van der Waals surface area contributed by atoms with Gasteiger partial charge < -0.3 is 9.84 Å². The largest absolute Gasteiger partial charge is 0.497 e. The van der Waals surface area contributed by atoms with Gasteiger partial charge in [-0.15, -0.1) is 0 Å². The number of methoxy groups -OCH3 is 1. The average Bonchev–Trinajstić information content (AvgIpc) is 3.07. The number of carbonyl (C=O) groups is 2. The molecule has 7 heteroatoms. The maximum absolute atomic E-state index is 12.7. The number of hydrogen-bond donors (Lipinski definition) is 1. The molecule has 0 radical (unpaired) electrons. The molecule has 160 valence electrons. The SMILES string of the molecule is COc1ccc(-c2ccc(/C=C3\SC(=Nc4ccc(C(=O)O)cc4)N(C)C3=O)cc2)cc1. The van der Waals surface area contributed by atoms with E-state index in [2.05, 4.69) is 4.99 Å². The first-order chi connectivity index (χ1) is 15.4. The maximum Gasteiger partial charge on any atom is 0.335 e. The van der Waals surface area contributed by atoms with Crippen LogP contribution in [0, 0.1) is 0 Å². The van der Waals surface area contributed by atoms with E-state index in [0.717, 1.165) is 22.4 Å². The highest BCUT2D eigenvalue weighted by molar-refractivity contribution is 8.18. The predicted octanol–water partition coefficient (Wildman–Crippen LogP) is 5.29. The molecule has 0 bridgehead atoms. The van der Waals surface area contributed by atoms with Crippen LogP contribution in [0.3, 0.4) is 0 Å². The summed E-state index contributed by atoms with van der Waals surface area (Å²) in [4.78, 5) is 30.2. The molecule has 0 aliphatic carbocycles. The summed E-state index contributed by atoms with van der Waals surface area (Å²) in [5.74, 6) is -0.309. The Morgan fingerprint density at radius 1 is 0.969 bits per heavy atom. The highest BCUT2D eigenvalue weighted by atomic mass is 32.2. The van der Waals surface area contributed by atoms with Crippen LogP contribution >= 0.6 is 11.8 Å². The Morgan fingerprint density at radius 3 is 2.12 bits per heavy atom. The highest BCUT2D eigenvalue weighted by Gasteiger charge is 2.30. The summed E-state index contributed by atoms with van der Waals surface area (Å²) in [5, 5.41) is 9.55. The lowest BCUT2D eigenvalue weighted by Crippen LogP contribution is -2.23. The first kappa shape index (κ1) is 21.4. The number of carbonyl (C=O) groups excluding carboxylic acids is 1. The van der Waals surface area contributed by atoms with Gasteiger partial charge in [0.1, 0.15) is 5.75 Å². The van der Waals surface area contributed by atoms with E-state index in [1.54, 1.807) is 26.3 Å². The van der Waals surface area contributed by atoms with Crippen molar-refractivity contribution >= 4 is 40.6 Å². The number of aromatic carboxylic acids is 1. The number of nitrogens with zero attached hydrogens (tertiary/aromatic N) is 2. The van der Waals surface area contributed by atoms with Gasteiger partial charge in [-0.2, -0.15) is 0 Å². The number of aliphatic imine (C=N–C) groups is 1. The number of carboxylic acids is 1. The zero-order valence-corrected chi connectivity index (χ0v) is 18.3. The second-order valence-electron chi connectivity index (χ2n) is 7.07. The molecule has 3 aromatic carbocycles. The maximum atomic E-state index is 12.7. The molecule has 1 heterocycles. The lowest BCUT2D eigenvalue weighted by atomic mass is 10.0. The Labute approximate surface area is 189 Å². The van der Waals surface area contributed by atoms with Gasteiger partial charge in [-0.05, 0) is 70.9 Å². The summed E-state index contributed by atoms with van der Waals surface area (Å²) in [7, 11) is 3.32. The molecule has 32 heavy (non-hydrogen) atoms. The van der Waals surface area contributed by atoms with E-state index in [1.165, 1.54) is 28.8 Å². The molecule has 4 rings (SSSR count). The summed E-state index contributed by atoms with van der Waals surface area (Å²) >= 11 is 1.29. The van der Waals surface area contributed by atoms with Crippen LogP contribution in [0.1, 0.15) is 15.9 Å². The Balaban J connectivity index is 1.52. The number of benzene rings is 3. The van der Waals surface area contributed by atoms with Crippen molar-refractivity contribution in [3.8, 4) is 16.9 Å². The van der Waals surface area contributed by atoms with Gasteiger partial charge in [0, 0.05) is 7.05 Å². The molecule has 1 fully saturated rings. The molecular formula is C25H20N2O4S. The van der Waals surface area contributed by atoms with Gasteiger partial charge in [0.2, 0.25) is 0 Å². The van der Waals surface area contributed by atoms with Crippen molar-refractivity contribution in [3.63, 3.8) is 0 Å². The van der Waals surface area contributed by atoms with Gasteiger partial charge in [-0.3, -0.25) is 9.69 Å². The van der Waals surface area contributed by atoms with Crippen molar-refractivity contribution < 1.29 is 19.4 Å². The number of amides is 1. The molecule has 1 amide bonds. The van der Waals surface area contributed by atoms with Crippen LogP contribution in [0.15, 0.2) is 82.7 Å². The molecule has 0 atom stereocenters. The van der Waals surface area contributed by atoms with Gasteiger partial charge in [-0.1, -0.05) is 36.4 Å². The smallest absolute Gasteiger partial charge is 0.335 e. The first-order valence-electron chi connectivity index (χ1n) is 9.79. The summed E-state index contributed by atoms with van der Waals surface area (Å²) in [6, 6.07) is 22.0. The number of rotatable bonds is 5. The molecule has 0 spiro atoms.